The summed E-state index contributed by atoms with van der Waals surface area (Å²) in [5, 5.41) is 5.66. The highest BCUT2D eigenvalue weighted by molar-refractivity contribution is 7.14. The molecule has 5 rings (SSSR count). The van der Waals surface area contributed by atoms with Crippen molar-refractivity contribution in [3.63, 3.8) is 0 Å². The first-order valence-corrected chi connectivity index (χ1v) is 9.85. The molecule has 2 heterocycles. The summed E-state index contributed by atoms with van der Waals surface area (Å²) in [5.41, 5.74) is 9.47. The molecule has 3 aliphatic rings. The van der Waals surface area contributed by atoms with Gasteiger partial charge < -0.3 is 15.8 Å². The van der Waals surface area contributed by atoms with E-state index >= 15 is 0 Å². The van der Waals surface area contributed by atoms with Crippen molar-refractivity contribution in [3.05, 3.63) is 29.1 Å². The minimum Gasteiger partial charge on any atom is -0.493 e. The number of thiazole rings is 1. The lowest BCUT2D eigenvalue weighted by molar-refractivity contribution is -0.121. The monoisotopic (exact) mass is 355 g/mol. The fourth-order valence-corrected chi connectivity index (χ4v) is 5.45. The Bertz CT molecular complexity index is 832. The maximum Gasteiger partial charge on any atom is 0.231 e. The van der Waals surface area contributed by atoms with Crippen LogP contribution in [0.3, 0.4) is 0 Å². The molecular weight excluding hydrogens is 334 g/mol. The molecule has 1 aromatic carbocycles. The maximum atomic E-state index is 12.7. The van der Waals surface area contributed by atoms with Crippen molar-refractivity contribution < 1.29 is 9.53 Å². The van der Waals surface area contributed by atoms with Gasteiger partial charge in [0.1, 0.15) is 5.75 Å². The predicted molar refractivity (Wildman–Crippen MR) is 97.7 cm³/mol. The van der Waals surface area contributed by atoms with Crippen molar-refractivity contribution >= 4 is 22.4 Å². The van der Waals surface area contributed by atoms with Gasteiger partial charge in [0.2, 0.25) is 5.91 Å². The summed E-state index contributed by atoms with van der Waals surface area (Å²) < 4.78 is 5.55. The number of carbonyl (C=O) groups excluding carboxylic acids is 1. The molecule has 4 unspecified atom stereocenters. The van der Waals surface area contributed by atoms with Crippen LogP contribution < -0.4 is 15.8 Å². The van der Waals surface area contributed by atoms with E-state index in [0.717, 1.165) is 42.9 Å². The van der Waals surface area contributed by atoms with Gasteiger partial charge in [-0.1, -0.05) is 0 Å². The Balaban J connectivity index is 1.32. The lowest BCUT2D eigenvalue weighted by atomic mass is 9.84. The van der Waals surface area contributed by atoms with E-state index in [4.69, 9.17) is 10.5 Å². The smallest absolute Gasteiger partial charge is 0.231 e. The molecule has 2 bridgehead atoms. The van der Waals surface area contributed by atoms with E-state index in [-0.39, 0.29) is 17.9 Å². The van der Waals surface area contributed by atoms with Gasteiger partial charge in [0.05, 0.1) is 18.2 Å². The van der Waals surface area contributed by atoms with Crippen LogP contribution in [0.5, 0.6) is 5.75 Å². The van der Waals surface area contributed by atoms with Gasteiger partial charge in [0, 0.05) is 23.4 Å². The van der Waals surface area contributed by atoms with E-state index in [9.17, 15) is 4.79 Å². The summed E-state index contributed by atoms with van der Waals surface area (Å²) in [6, 6.07) is 6.17. The lowest BCUT2D eigenvalue weighted by Gasteiger charge is -2.26. The molecule has 0 radical (unpaired) electrons. The molecule has 0 spiro atoms. The Morgan fingerprint density at radius 2 is 2.20 bits per heavy atom. The second-order valence-electron chi connectivity index (χ2n) is 7.38. The Kier molecular flexibility index (Phi) is 3.57. The normalized spacial score (nSPS) is 29.5. The highest BCUT2D eigenvalue weighted by Crippen LogP contribution is 2.48. The highest BCUT2D eigenvalue weighted by Gasteiger charge is 2.49. The van der Waals surface area contributed by atoms with E-state index < -0.39 is 0 Å². The van der Waals surface area contributed by atoms with Crippen molar-refractivity contribution in [2.75, 3.05) is 11.9 Å². The second kappa shape index (κ2) is 5.81. The lowest BCUT2D eigenvalue weighted by Crippen LogP contribution is -2.42. The first-order chi connectivity index (χ1) is 12.2. The van der Waals surface area contributed by atoms with E-state index in [1.165, 1.54) is 23.3 Å². The average Bonchev–Trinajstić information content (AvgIpc) is 3.37. The van der Waals surface area contributed by atoms with Gasteiger partial charge in [-0.05, 0) is 54.9 Å². The number of carbonyl (C=O) groups is 1. The zero-order valence-electron chi connectivity index (χ0n) is 13.9. The third-order valence-corrected chi connectivity index (χ3v) is 6.76. The summed E-state index contributed by atoms with van der Waals surface area (Å²) in [6.45, 7) is 0.751. The van der Waals surface area contributed by atoms with Crippen molar-refractivity contribution in [3.8, 4) is 17.0 Å². The largest absolute Gasteiger partial charge is 0.493 e. The third kappa shape index (κ3) is 2.55. The van der Waals surface area contributed by atoms with Crippen LogP contribution in [0.15, 0.2) is 23.6 Å². The molecule has 6 heteroatoms. The highest BCUT2D eigenvalue weighted by atomic mass is 32.1. The number of amides is 1. The number of benzene rings is 1. The molecule has 1 amide bonds. The number of hydrogen-bond acceptors (Lipinski definition) is 5. The third-order valence-electron chi connectivity index (χ3n) is 6.00. The second-order valence-corrected chi connectivity index (χ2v) is 8.24. The topological polar surface area (TPSA) is 77.2 Å². The van der Waals surface area contributed by atoms with Crippen LogP contribution in [-0.4, -0.2) is 23.5 Å². The molecule has 5 nitrogen and oxygen atoms in total. The first kappa shape index (κ1) is 15.3. The molecule has 1 aromatic heterocycles. The maximum absolute atomic E-state index is 12.7. The summed E-state index contributed by atoms with van der Waals surface area (Å²) in [4.78, 5) is 17.3. The first-order valence-electron chi connectivity index (χ1n) is 8.97. The molecule has 25 heavy (non-hydrogen) atoms. The quantitative estimate of drug-likeness (QED) is 0.887. The van der Waals surface area contributed by atoms with Crippen molar-refractivity contribution in [2.45, 2.75) is 31.7 Å². The summed E-state index contributed by atoms with van der Waals surface area (Å²) >= 11 is 1.47. The van der Waals surface area contributed by atoms with Crippen LogP contribution in [0, 0.1) is 17.8 Å². The molecule has 2 fully saturated rings. The number of ether oxygens (including phenoxy) is 1. The molecule has 4 atom stereocenters. The molecule has 3 N–H and O–H groups in total. The van der Waals surface area contributed by atoms with Gasteiger partial charge in [-0.15, -0.1) is 11.3 Å². The van der Waals surface area contributed by atoms with Crippen molar-refractivity contribution in [1.29, 1.82) is 0 Å². The Morgan fingerprint density at radius 3 is 3.04 bits per heavy atom. The van der Waals surface area contributed by atoms with E-state index in [1.54, 1.807) is 0 Å². The number of nitrogens with one attached hydrogen (secondary N) is 1. The van der Waals surface area contributed by atoms with Crippen molar-refractivity contribution in [1.82, 2.24) is 4.98 Å². The number of aromatic nitrogens is 1. The van der Waals surface area contributed by atoms with Crippen LogP contribution in [0.1, 0.15) is 24.8 Å². The SMILES string of the molecule is NC1C2CCC(C2)C1C(=O)Nc1nc(-c2ccc3c(c2)CCO3)cs1. The minimum atomic E-state index is -0.0526. The Hall–Kier alpha value is -1.92. The zero-order chi connectivity index (χ0) is 17.0. The van der Waals surface area contributed by atoms with E-state index in [0.29, 0.717) is 17.0 Å². The number of nitrogens with two attached hydrogens (primary N) is 1. The van der Waals surface area contributed by atoms with E-state index in [1.807, 2.05) is 17.5 Å². The molecule has 0 saturated heterocycles. The minimum absolute atomic E-state index is 0.00916. The Labute approximate surface area is 150 Å². The van der Waals surface area contributed by atoms with Crippen LogP contribution in [-0.2, 0) is 11.2 Å². The van der Waals surface area contributed by atoms with Crippen LogP contribution >= 0.6 is 11.3 Å². The van der Waals surface area contributed by atoms with Gasteiger partial charge in [-0.2, -0.15) is 0 Å². The summed E-state index contributed by atoms with van der Waals surface area (Å²) in [6.07, 6.45) is 4.37. The van der Waals surface area contributed by atoms with Crippen LogP contribution in [0.2, 0.25) is 0 Å². The zero-order valence-corrected chi connectivity index (χ0v) is 14.7. The molecule has 130 valence electrons. The predicted octanol–water partition coefficient (Wildman–Crippen LogP) is 3.06. The van der Waals surface area contributed by atoms with Gasteiger partial charge in [0.15, 0.2) is 5.13 Å². The fourth-order valence-electron chi connectivity index (χ4n) is 4.72. The standard InChI is InChI=1S/C19H21N3O2S/c20-17-13-2-1-12(8-13)16(17)18(23)22-19-21-14(9-25-19)10-3-4-15-11(7-10)5-6-24-15/h3-4,7,9,12-13,16-17H,1-2,5-6,8,20H2,(H,21,22,23). The van der Waals surface area contributed by atoms with Crippen LogP contribution in [0.4, 0.5) is 5.13 Å². The number of rotatable bonds is 3. The number of anilines is 1. The molecular formula is C19H21N3O2S. The van der Waals surface area contributed by atoms with Crippen molar-refractivity contribution in [2.24, 2.45) is 23.5 Å². The van der Waals surface area contributed by atoms with Crippen LogP contribution in [0.25, 0.3) is 11.3 Å². The number of nitrogens with zero attached hydrogens (tertiary/aromatic N) is 1. The summed E-state index contributed by atoms with van der Waals surface area (Å²) in [5.74, 6) is 1.95. The molecule has 2 saturated carbocycles. The number of hydrogen-bond donors (Lipinski definition) is 2. The van der Waals surface area contributed by atoms with Gasteiger partial charge >= 0.3 is 0 Å². The van der Waals surface area contributed by atoms with E-state index in [2.05, 4.69) is 16.4 Å². The van der Waals surface area contributed by atoms with Gasteiger partial charge in [-0.25, -0.2) is 4.98 Å². The molecule has 2 aliphatic carbocycles. The number of fused-ring (bicyclic) bond motifs is 3. The molecule has 2 aromatic rings. The summed E-state index contributed by atoms with van der Waals surface area (Å²) in [7, 11) is 0. The molecule has 1 aliphatic heterocycles. The Morgan fingerprint density at radius 1 is 1.32 bits per heavy atom. The average molecular weight is 355 g/mol. The fraction of sp³-hybridized carbons (Fsp3) is 0.474. The van der Waals surface area contributed by atoms with Gasteiger partial charge in [-0.3, -0.25) is 4.79 Å². The van der Waals surface area contributed by atoms with Gasteiger partial charge in [0.25, 0.3) is 0 Å².